The van der Waals surface area contributed by atoms with E-state index >= 15 is 0 Å². The van der Waals surface area contributed by atoms with Gasteiger partial charge in [-0.2, -0.15) is 0 Å². The molecule has 0 fully saturated rings. The molecule has 8 heteroatoms. The van der Waals surface area contributed by atoms with E-state index in [-0.39, 0.29) is 0 Å². The average molecular weight is 340 g/mol. The summed E-state index contributed by atoms with van der Waals surface area (Å²) in [6.07, 6.45) is 2.26. The number of rotatable bonds is 5. The first-order valence-corrected chi connectivity index (χ1v) is 8.55. The van der Waals surface area contributed by atoms with Crippen LogP contribution in [-0.2, 0) is 13.0 Å². The first kappa shape index (κ1) is 15.1. The lowest BCUT2D eigenvalue weighted by Gasteiger charge is -2.06. The van der Waals surface area contributed by atoms with E-state index in [1.54, 1.807) is 6.33 Å². The predicted octanol–water partition coefficient (Wildman–Crippen LogP) is 2.64. The minimum Gasteiger partial charge on any atom is -0.451 e. The number of hydrogen-bond acceptors (Lipinski definition) is 7. The molecule has 0 aliphatic rings. The molecule has 7 nitrogen and oxygen atoms in total. The molecule has 0 bridgehead atoms. The van der Waals surface area contributed by atoms with Gasteiger partial charge in [0.05, 0.1) is 0 Å². The van der Waals surface area contributed by atoms with Gasteiger partial charge in [0, 0.05) is 18.4 Å². The number of benzene rings is 1. The molecule has 4 rings (SSSR count). The van der Waals surface area contributed by atoms with Crippen LogP contribution in [0.3, 0.4) is 0 Å². The molecular formula is C16H16N6OS. The van der Waals surface area contributed by atoms with E-state index in [0.717, 1.165) is 39.0 Å². The molecule has 0 amide bonds. The van der Waals surface area contributed by atoms with E-state index in [4.69, 9.17) is 10.2 Å². The fraction of sp³-hybridized carbons (Fsp3) is 0.250. The van der Waals surface area contributed by atoms with Crippen molar-refractivity contribution < 1.29 is 4.42 Å². The third-order valence-electron chi connectivity index (χ3n) is 3.79. The van der Waals surface area contributed by atoms with Crippen LogP contribution in [0.15, 0.2) is 45.2 Å². The van der Waals surface area contributed by atoms with Crippen molar-refractivity contribution in [2.24, 2.45) is 5.73 Å². The maximum absolute atomic E-state index is 5.96. The van der Waals surface area contributed by atoms with Crippen LogP contribution in [0.2, 0.25) is 0 Å². The molecular weight excluding hydrogens is 324 g/mol. The first-order chi connectivity index (χ1) is 11.8. The van der Waals surface area contributed by atoms with Crippen molar-refractivity contribution in [2.45, 2.75) is 30.1 Å². The SMILES string of the molecule is CCn1c(CCN)nnc1Sc1ncnc2c1oc1ccccc12. The molecule has 0 aliphatic heterocycles. The molecule has 0 saturated carbocycles. The summed E-state index contributed by atoms with van der Waals surface area (Å²) in [5.74, 6) is 0.886. The molecule has 0 aliphatic carbocycles. The molecule has 4 aromatic rings. The van der Waals surface area contributed by atoms with Crippen LogP contribution in [-0.4, -0.2) is 31.3 Å². The zero-order chi connectivity index (χ0) is 16.5. The standard InChI is InChI=1S/C16H16N6OS/c1-2-22-12(7-8-17)20-21-16(22)24-15-14-13(18-9-19-15)10-5-3-4-6-11(10)23-14/h3-6,9H,2,7-8,17H2,1H3. The molecule has 0 unspecified atom stereocenters. The fourth-order valence-corrected chi connectivity index (χ4v) is 3.62. The second kappa shape index (κ2) is 6.21. The molecule has 0 atom stereocenters. The van der Waals surface area contributed by atoms with Crippen LogP contribution in [0.4, 0.5) is 0 Å². The highest BCUT2D eigenvalue weighted by molar-refractivity contribution is 7.99. The minimum atomic E-state index is 0.546. The number of nitrogens with zero attached hydrogens (tertiary/aromatic N) is 5. The first-order valence-electron chi connectivity index (χ1n) is 7.74. The van der Waals surface area contributed by atoms with Crippen LogP contribution in [0.5, 0.6) is 0 Å². The Labute approximate surface area is 142 Å². The smallest absolute Gasteiger partial charge is 0.197 e. The van der Waals surface area contributed by atoms with Crippen molar-refractivity contribution in [1.29, 1.82) is 0 Å². The van der Waals surface area contributed by atoms with Crippen molar-refractivity contribution in [1.82, 2.24) is 24.7 Å². The molecule has 0 radical (unpaired) electrons. The van der Waals surface area contributed by atoms with Crippen molar-refractivity contribution >= 4 is 33.8 Å². The molecule has 24 heavy (non-hydrogen) atoms. The second-order valence-corrected chi connectivity index (χ2v) is 6.19. The summed E-state index contributed by atoms with van der Waals surface area (Å²) >= 11 is 1.43. The third kappa shape index (κ3) is 2.44. The van der Waals surface area contributed by atoms with E-state index in [0.29, 0.717) is 18.5 Å². The Morgan fingerprint density at radius 2 is 2.08 bits per heavy atom. The molecule has 2 N–H and O–H groups in total. The summed E-state index contributed by atoms with van der Waals surface area (Å²) in [6, 6.07) is 7.84. The third-order valence-corrected chi connectivity index (χ3v) is 4.76. The Balaban J connectivity index is 1.80. The largest absolute Gasteiger partial charge is 0.451 e. The Morgan fingerprint density at radius 3 is 2.92 bits per heavy atom. The predicted molar refractivity (Wildman–Crippen MR) is 91.9 cm³/mol. The van der Waals surface area contributed by atoms with Gasteiger partial charge < -0.3 is 14.7 Å². The number of aromatic nitrogens is 5. The van der Waals surface area contributed by atoms with Gasteiger partial charge in [0.25, 0.3) is 0 Å². The van der Waals surface area contributed by atoms with Gasteiger partial charge in [0.2, 0.25) is 0 Å². The van der Waals surface area contributed by atoms with Crippen LogP contribution >= 0.6 is 11.8 Å². The Kier molecular flexibility index (Phi) is 3.91. The van der Waals surface area contributed by atoms with Crippen LogP contribution in [0, 0.1) is 0 Å². The van der Waals surface area contributed by atoms with Crippen LogP contribution in [0.1, 0.15) is 12.7 Å². The van der Waals surface area contributed by atoms with Gasteiger partial charge in [0.15, 0.2) is 15.8 Å². The van der Waals surface area contributed by atoms with E-state index in [1.807, 2.05) is 28.8 Å². The zero-order valence-corrected chi connectivity index (χ0v) is 14.0. The molecule has 3 heterocycles. The van der Waals surface area contributed by atoms with Crippen molar-refractivity contribution in [3.8, 4) is 0 Å². The molecule has 3 aromatic heterocycles. The maximum Gasteiger partial charge on any atom is 0.197 e. The lowest BCUT2D eigenvalue weighted by molar-refractivity contribution is 0.637. The summed E-state index contributed by atoms with van der Waals surface area (Å²) in [6.45, 7) is 3.38. The monoisotopic (exact) mass is 340 g/mol. The summed E-state index contributed by atoms with van der Waals surface area (Å²) in [5.41, 5.74) is 7.93. The quantitative estimate of drug-likeness (QED) is 0.558. The number of hydrogen-bond donors (Lipinski definition) is 1. The van der Waals surface area contributed by atoms with E-state index < -0.39 is 0 Å². The molecule has 1 aromatic carbocycles. The topological polar surface area (TPSA) is 95.7 Å². The highest BCUT2D eigenvalue weighted by Gasteiger charge is 2.17. The summed E-state index contributed by atoms with van der Waals surface area (Å²) in [4.78, 5) is 8.75. The number of para-hydroxylation sites is 1. The van der Waals surface area contributed by atoms with Crippen molar-refractivity contribution in [3.05, 3.63) is 36.4 Å². The summed E-state index contributed by atoms with van der Waals surface area (Å²) in [7, 11) is 0. The zero-order valence-electron chi connectivity index (χ0n) is 13.1. The molecule has 0 spiro atoms. The highest BCUT2D eigenvalue weighted by Crippen LogP contribution is 2.35. The van der Waals surface area contributed by atoms with Gasteiger partial charge in [-0.25, -0.2) is 9.97 Å². The number of fused-ring (bicyclic) bond motifs is 3. The summed E-state index contributed by atoms with van der Waals surface area (Å²) < 4.78 is 8.01. The molecule has 0 saturated heterocycles. The Hall–Kier alpha value is -2.45. The minimum absolute atomic E-state index is 0.546. The number of furan rings is 1. The Morgan fingerprint density at radius 1 is 1.21 bits per heavy atom. The van der Waals surface area contributed by atoms with Gasteiger partial charge >= 0.3 is 0 Å². The highest BCUT2D eigenvalue weighted by atomic mass is 32.2. The van der Waals surface area contributed by atoms with Gasteiger partial charge in [-0.05, 0) is 37.4 Å². The lowest BCUT2D eigenvalue weighted by Crippen LogP contribution is -2.09. The van der Waals surface area contributed by atoms with E-state index in [1.165, 1.54) is 11.8 Å². The van der Waals surface area contributed by atoms with Gasteiger partial charge in [-0.15, -0.1) is 10.2 Å². The summed E-state index contributed by atoms with van der Waals surface area (Å²) in [5, 5.41) is 11.0. The van der Waals surface area contributed by atoms with Crippen molar-refractivity contribution in [2.75, 3.05) is 6.54 Å². The van der Waals surface area contributed by atoms with E-state index in [9.17, 15) is 0 Å². The number of nitrogens with two attached hydrogens (primary N) is 1. The van der Waals surface area contributed by atoms with Crippen molar-refractivity contribution in [3.63, 3.8) is 0 Å². The average Bonchev–Trinajstić information content (AvgIpc) is 3.17. The van der Waals surface area contributed by atoms with Crippen LogP contribution < -0.4 is 5.73 Å². The van der Waals surface area contributed by atoms with Gasteiger partial charge in [-0.1, -0.05) is 12.1 Å². The fourth-order valence-electron chi connectivity index (χ4n) is 2.69. The molecule has 122 valence electrons. The Bertz CT molecular complexity index is 1010. The van der Waals surface area contributed by atoms with Gasteiger partial charge in [0.1, 0.15) is 23.3 Å². The maximum atomic E-state index is 5.96. The normalized spacial score (nSPS) is 11.6. The second-order valence-electron chi connectivity index (χ2n) is 5.24. The lowest BCUT2D eigenvalue weighted by atomic mass is 10.2. The van der Waals surface area contributed by atoms with E-state index in [2.05, 4.69) is 27.1 Å². The van der Waals surface area contributed by atoms with Gasteiger partial charge in [-0.3, -0.25) is 0 Å². The van der Waals surface area contributed by atoms with Crippen LogP contribution in [0.25, 0.3) is 22.1 Å².